The van der Waals surface area contributed by atoms with Crippen LogP contribution in [0.1, 0.15) is 56.4 Å². The molecule has 2 unspecified atom stereocenters. The number of carbonyl (C=O) groups is 2. The highest BCUT2D eigenvalue weighted by Crippen LogP contribution is 2.38. The largest absolute Gasteiger partial charge is 0.349 e. The topological polar surface area (TPSA) is 62.3 Å². The molecule has 2 aromatic rings. The second kappa shape index (κ2) is 7.03. The average Bonchev–Trinajstić information content (AvgIpc) is 3.10. The molecular weight excluding hydrogens is 365 g/mol. The lowest BCUT2D eigenvalue weighted by atomic mass is 9.96. The molecule has 1 aromatic carbocycles. The van der Waals surface area contributed by atoms with Crippen LogP contribution in [0.25, 0.3) is 0 Å². The minimum atomic E-state index is -0.356. The zero-order valence-electron chi connectivity index (χ0n) is 15.4. The Labute approximate surface area is 161 Å². The lowest BCUT2D eigenvalue weighted by Crippen LogP contribution is -2.52. The molecule has 27 heavy (non-hydrogen) atoms. The molecule has 3 heterocycles. The van der Waals surface area contributed by atoms with Gasteiger partial charge in [-0.2, -0.15) is 0 Å². The van der Waals surface area contributed by atoms with Crippen LogP contribution < -0.4 is 5.32 Å². The number of fused-ring (bicyclic) bond motifs is 2. The van der Waals surface area contributed by atoms with Gasteiger partial charge in [0.2, 0.25) is 0 Å². The molecule has 2 aliphatic rings. The van der Waals surface area contributed by atoms with Crippen molar-refractivity contribution in [1.29, 1.82) is 0 Å². The summed E-state index contributed by atoms with van der Waals surface area (Å²) in [7, 11) is 0. The van der Waals surface area contributed by atoms with Crippen LogP contribution in [0.5, 0.6) is 0 Å². The molecule has 1 aromatic heterocycles. The van der Waals surface area contributed by atoms with E-state index in [1.807, 2.05) is 18.7 Å². The maximum atomic E-state index is 13.1. The van der Waals surface area contributed by atoms with E-state index in [1.165, 1.54) is 35.6 Å². The molecule has 2 fully saturated rings. The molecule has 5 nitrogen and oxygen atoms in total. The summed E-state index contributed by atoms with van der Waals surface area (Å²) < 4.78 is 13.0. The number of thiazole rings is 1. The van der Waals surface area contributed by atoms with Gasteiger partial charge in [-0.05, 0) is 63.8 Å². The van der Waals surface area contributed by atoms with Gasteiger partial charge in [0.05, 0.1) is 10.7 Å². The third kappa shape index (κ3) is 3.48. The Morgan fingerprint density at radius 3 is 2.33 bits per heavy atom. The molecule has 1 N–H and O–H groups in total. The second-order valence-electron chi connectivity index (χ2n) is 7.39. The first-order chi connectivity index (χ1) is 12.9. The Kier molecular flexibility index (Phi) is 4.72. The van der Waals surface area contributed by atoms with Crippen molar-refractivity contribution < 1.29 is 14.0 Å². The van der Waals surface area contributed by atoms with Crippen molar-refractivity contribution in [3.63, 3.8) is 0 Å². The number of aryl methyl sites for hydroxylation is 2. The third-order valence-electron chi connectivity index (χ3n) is 5.51. The van der Waals surface area contributed by atoms with E-state index in [0.717, 1.165) is 41.3 Å². The Hall–Kier alpha value is -2.28. The van der Waals surface area contributed by atoms with Crippen molar-refractivity contribution in [2.75, 3.05) is 0 Å². The van der Waals surface area contributed by atoms with Crippen LogP contribution in [-0.2, 0) is 0 Å². The zero-order valence-corrected chi connectivity index (χ0v) is 16.2. The summed E-state index contributed by atoms with van der Waals surface area (Å²) in [6, 6.07) is 5.90. The lowest BCUT2D eigenvalue weighted by Gasteiger charge is -2.39. The van der Waals surface area contributed by atoms with Crippen molar-refractivity contribution in [2.24, 2.45) is 0 Å². The molecule has 2 bridgehead atoms. The molecule has 0 saturated carbocycles. The van der Waals surface area contributed by atoms with E-state index in [1.54, 1.807) is 0 Å². The molecule has 7 heteroatoms. The Balaban J connectivity index is 1.44. The summed E-state index contributed by atoms with van der Waals surface area (Å²) in [6.07, 6.45) is 3.45. The first-order valence-corrected chi connectivity index (χ1v) is 10.1. The van der Waals surface area contributed by atoms with Crippen molar-refractivity contribution in [1.82, 2.24) is 15.2 Å². The number of nitrogens with one attached hydrogen (secondary N) is 1. The first kappa shape index (κ1) is 18.1. The number of piperidine rings is 1. The van der Waals surface area contributed by atoms with E-state index in [0.29, 0.717) is 5.56 Å². The second-order valence-corrected chi connectivity index (χ2v) is 8.60. The van der Waals surface area contributed by atoms with E-state index >= 15 is 0 Å². The number of amides is 2. The average molecular weight is 387 g/mol. The molecule has 2 aliphatic heterocycles. The molecule has 142 valence electrons. The van der Waals surface area contributed by atoms with Crippen molar-refractivity contribution in [3.8, 4) is 0 Å². The number of nitrogens with zero attached hydrogens (tertiary/aromatic N) is 2. The standard InChI is InChI=1S/C20H22FN3O2S/c1-11-18(27-12(2)22-11)20(26)24-16-7-8-17(24)10-15(9-16)23-19(25)13-3-5-14(21)6-4-13/h3-6,15-17H,7-10H2,1-2H3,(H,23,25). The van der Waals surface area contributed by atoms with Crippen LogP contribution in [-0.4, -0.2) is 39.8 Å². The molecule has 2 saturated heterocycles. The molecule has 0 spiro atoms. The fourth-order valence-corrected chi connectivity index (χ4v) is 5.21. The van der Waals surface area contributed by atoms with Gasteiger partial charge in [-0.1, -0.05) is 0 Å². The van der Waals surface area contributed by atoms with Crippen molar-refractivity contribution in [3.05, 3.63) is 51.2 Å². The van der Waals surface area contributed by atoms with Gasteiger partial charge in [-0.15, -0.1) is 11.3 Å². The van der Waals surface area contributed by atoms with E-state index in [-0.39, 0.29) is 35.8 Å². The minimum absolute atomic E-state index is 0.0356. The lowest BCUT2D eigenvalue weighted by molar-refractivity contribution is 0.0553. The van der Waals surface area contributed by atoms with Gasteiger partial charge < -0.3 is 10.2 Å². The SMILES string of the molecule is Cc1nc(C)c(C(=O)N2C3CCC2CC(NC(=O)c2ccc(F)cc2)C3)s1. The van der Waals surface area contributed by atoms with E-state index in [4.69, 9.17) is 0 Å². The number of benzene rings is 1. The van der Waals surface area contributed by atoms with Crippen LogP contribution in [0, 0.1) is 19.7 Å². The van der Waals surface area contributed by atoms with Crippen molar-refractivity contribution >= 4 is 23.2 Å². The summed E-state index contributed by atoms with van der Waals surface area (Å²) in [5.41, 5.74) is 1.26. The quantitative estimate of drug-likeness (QED) is 0.877. The van der Waals surface area contributed by atoms with Crippen molar-refractivity contribution in [2.45, 2.75) is 57.7 Å². The van der Waals surface area contributed by atoms with E-state index in [9.17, 15) is 14.0 Å². The van der Waals surface area contributed by atoms with E-state index in [2.05, 4.69) is 10.3 Å². The number of hydrogen-bond donors (Lipinski definition) is 1. The number of rotatable bonds is 3. The highest BCUT2D eigenvalue weighted by molar-refractivity contribution is 7.13. The van der Waals surface area contributed by atoms with Gasteiger partial charge in [0, 0.05) is 23.7 Å². The molecule has 0 aliphatic carbocycles. The van der Waals surface area contributed by atoms with Crippen LogP contribution in [0.2, 0.25) is 0 Å². The summed E-state index contributed by atoms with van der Waals surface area (Å²) in [5.74, 6) is -0.466. The van der Waals surface area contributed by atoms with Gasteiger partial charge in [0.1, 0.15) is 10.7 Å². The van der Waals surface area contributed by atoms with E-state index < -0.39 is 0 Å². The normalized spacial score (nSPS) is 24.1. The summed E-state index contributed by atoms with van der Waals surface area (Å²) in [4.78, 5) is 32.6. The first-order valence-electron chi connectivity index (χ1n) is 9.25. The highest BCUT2D eigenvalue weighted by atomic mass is 32.1. The molecule has 4 rings (SSSR count). The number of carbonyl (C=O) groups excluding carboxylic acids is 2. The van der Waals surface area contributed by atoms with Crippen LogP contribution >= 0.6 is 11.3 Å². The maximum Gasteiger partial charge on any atom is 0.266 e. The molecule has 0 radical (unpaired) electrons. The number of aromatic nitrogens is 1. The molecular formula is C20H22FN3O2S. The van der Waals surface area contributed by atoms with Gasteiger partial charge in [0.15, 0.2) is 0 Å². The fraction of sp³-hybridized carbons (Fsp3) is 0.450. The van der Waals surface area contributed by atoms with Crippen LogP contribution in [0.3, 0.4) is 0 Å². The summed E-state index contributed by atoms with van der Waals surface area (Å²) in [6.45, 7) is 3.80. The van der Waals surface area contributed by atoms with Gasteiger partial charge in [0.25, 0.3) is 11.8 Å². The fourth-order valence-electron chi connectivity index (χ4n) is 4.34. The Morgan fingerprint density at radius 2 is 1.78 bits per heavy atom. The summed E-state index contributed by atoms with van der Waals surface area (Å²) in [5, 5.41) is 3.97. The monoisotopic (exact) mass is 387 g/mol. The number of halogens is 1. The van der Waals surface area contributed by atoms with Gasteiger partial charge in [-0.25, -0.2) is 9.37 Å². The Morgan fingerprint density at radius 1 is 1.15 bits per heavy atom. The smallest absolute Gasteiger partial charge is 0.266 e. The van der Waals surface area contributed by atoms with Crippen LogP contribution in [0.4, 0.5) is 4.39 Å². The predicted octanol–water partition coefficient (Wildman–Crippen LogP) is 3.46. The highest BCUT2D eigenvalue weighted by Gasteiger charge is 2.44. The third-order valence-corrected chi connectivity index (χ3v) is 6.57. The molecule has 2 atom stereocenters. The maximum absolute atomic E-state index is 13.1. The Bertz CT molecular complexity index is 866. The predicted molar refractivity (Wildman–Crippen MR) is 101 cm³/mol. The number of hydrogen-bond acceptors (Lipinski definition) is 4. The molecule has 2 amide bonds. The van der Waals surface area contributed by atoms with Gasteiger partial charge in [-0.3, -0.25) is 9.59 Å². The summed E-state index contributed by atoms with van der Waals surface area (Å²) >= 11 is 1.46. The van der Waals surface area contributed by atoms with Crippen LogP contribution in [0.15, 0.2) is 24.3 Å². The van der Waals surface area contributed by atoms with Gasteiger partial charge >= 0.3 is 0 Å². The minimum Gasteiger partial charge on any atom is -0.349 e. The zero-order chi connectivity index (χ0) is 19.1.